The van der Waals surface area contributed by atoms with Gasteiger partial charge in [0.15, 0.2) is 20.6 Å². The Morgan fingerprint density at radius 1 is 1.47 bits per heavy atom. The van der Waals surface area contributed by atoms with Gasteiger partial charge >= 0.3 is 0 Å². The van der Waals surface area contributed by atoms with Crippen molar-refractivity contribution in [1.29, 1.82) is 0 Å². The molecule has 0 bridgehead atoms. The van der Waals surface area contributed by atoms with Gasteiger partial charge in [0.05, 0.1) is 5.75 Å². The first-order chi connectivity index (χ1) is 7.97. The lowest BCUT2D eigenvalue weighted by molar-refractivity contribution is 0.101. The van der Waals surface area contributed by atoms with Gasteiger partial charge in [-0.15, -0.1) is 0 Å². The van der Waals surface area contributed by atoms with Crippen molar-refractivity contribution < 1.29 is 13.2 Å². The van der Waals surface area contributed by atoms with Crippen molar-refractivity contribution in [3.63, 3.8) is 0 Å². The van der Waals surface area contributed by atoms with E-state index in [1.165, 1.54) is 30.6 Å². The molecule has 2 aromatic heterocycles. The number of carbonyl (C=O) groups excluding carboxylic acids is 1. The number of fused-ring (bicyclic) bond motifs is 1. The third kappa shape index (κ3) is 1.82. The van der Waals surface area contributed by atoms with Crippen LogP contribution in [0.15, 0.2) is 23.5 Å². The summed E-state index contributed by atoms with van der Waals surface area (Å²) >= 11 is 0. The summed E-state index contributed by atoms with van der Waals surface area (Å²) in [6.45, 7) is 2.81. The van der Waals surface area contributed by atoms with Gasteiger partial charge in [-0.2, -0.15) is 0 Å². The van der Waals surface area contributed by atoms with E-state index in [1.807, 2.05) is 0 Å². The van der Waals surface area contributed by atoms with E-state index in [0.717, 1.165) is 0 Å². The maximum Gasteiger partial charge on any atom is 0.235 e. The minimum atomic E-state index is -3.52. The largest absolute Gasteiger partial charge is 0.293 e. The van der Waals surface area contributed by atoms with Gasteiger partial charge in [0.25, 0.3) is 0 Å². The minimum Gasteiger partial charge on any atom is -0.293 e. The van der Waals surface area contributed by atoms with Crippen molar-refractivity contribution in [1.82, 2.24) is 14.4 Å². The number of ketones is 1. The number of hydrogen-bond donors (Lipinski definition) is 0. The molecule has 0 aliphatic rings. The fraction of sp³-hybridized carbons (Fsp3) is 0.300. The molecule has 0 radical (unpaired) electrons. The zero-order chi connectivity index (χ0) is 12.6. The molecule has 0 saturated heterocycles. The molecule has 0 saturated carbocycles. The number of imidazole rings is 1. The SMILES string of the molecule is CCS(=O)(=O)c1c(C(C)=O)nc2ncccn12. The van der Waals surface area contributed by atoms with Gasteiger partial charge in [0, 0.05) is 19.3 Å². The van der Waals surface area contributed by atoms with Gasteiger partial charge in [-0.05, 0) is 6.07 Å². The molecule has 0 atom stereocenters. The van der Waals surface area contributed by atoms with Crippen LogP contribution in [0, 0.1) is 0 Å². The number of carbonyl (C=O) groups is 1. The third-order valence-corrected chi connectivity index (χ3v) is 4.11. The second kappa shape index (κ2) is 3.92. The highest BCUT2D eigenvalue weighted by atomic mass is 32.2. The molecule has 0 N–H and O–H groups in total. The van der Waals surface area contributed by atoms with Gasteiger partial charge in [-0.1, -0.05) is 6.92 Å². The molecule has 2 rings (SSSR count). The quantitative estimate of drug-likeness (QED) is 0.753. The fourth-order valence-corrected chi connectivity index (χ4v) is 2.73. The Labute approximate surface area is 98.2 Å². The number of rotatable bonds is 3. The summed E-state index contributed by atoms with van der Waals surface area (Å²) in [6, 6.07) is 1.59. The number of nitrogens with zero attached hydrogens (tertiary/aromatic N) is 3. The molecule has 2 heterocycles. The highest BCUT2D eigenvalue weighted by molar-refractivity contribution is 7.91. The number of hydrogen-bond acceptors (Lipinski definition) is 5. The van der Waals surface area contributed by atoms with Crippen LogP contribution in [0.1, 0.15) is 24.3 Å². The molecule has 0 spiro atoms. The van der Waals surface area contributed by atoms with Crippen LogP contribution in [0.3, 0.4) is 0 Å². The molecule has 0 amide bonds. The third-order valence-electron chi connectivity index (χ3n) is 2.37. The number of Topliss-reactive ketones (excluding diaryl/α,β-unsaturated/α-hetero) is 1. The molecule has 0 aromatic carbocycles. The Morgan fingerprint density at radius 3 is 2.76 bits per heavy atom. The van der Waals surface area contributed by atoms with Crippen molar-refractivity contribution in [3.8, 4) is 0 Å². The minimum absolute atomic E-state index is 0.0504. The molecule has 2 aromatic rings. The van der Waals surface area contributed by atoms with Crippen molar-refractivity contribution >= 4 is 21.4 Å². The Kier molecular flexibility index (Phi) is 2.70. The van der Waals surface area contributed by atoms with E-state index < -0.39 is 9.84 Å². The van der Waals surface area contributed by atoms with Gasteiger partial charge in [0.2, 0.25) is 5.78 Å². The van der Waals surface area contributed by atoms with Gasteiger partial charge in [-0.25, -0.2) is 18.4 Å². The van der Waals surface area contributed by atoms with Gasteiger partial charge < -0.3 is 0 Å². The molecule has 7 heteroatoms. The molecule has 0 fully saturated rings. The lowest BCUT2D eigenvalue weighted by Gasteiger charge is -2.02. The predicted molar refractivity (Wildman–Crippen MR) is 60.7 cm³/mol. The normalized spacial score (nSPS) is 11.9. The van der Waals surface area contributed by atoms with E-state index in [4.69, 9.17) is 0 Å². The lowest BCUT2D eigenvalue weighted by atomic mass is 10.3. The molecule has 0 unspecified atom stereocenters. The standard InChI is InChI=1S/C10H11N3O3S/c1-3-17(15,16)9-8(7(2)14)12-10-11-5-4-6-13(9)10/h4-6H,3H2,1-2H3. The summed E-state index contributed by atoms with van der Waals surface area (Å²) < 4.78 is 25.2. The van der Waals surface area contributed by atoms with E-state index in [0.29, 0.717) is 0 Å². The molecular formula is C10H11N3O3S. The summed E-state index contributed by atoms with van der Waals surface area (Å²) in [4.78, 5) is 19.3. The molecule has 0 aliphatic carbocycles. The molecule has 17 heavy (non-hydrogen) atoms. The van der Waals surface area contributed by atoms with Crippen LogP contribution in [0.5, 0.6) is 0 Å². The van der Waals surface area contributed by atoms with Crippen molar-refractivity contribution in [2.45, 2.75) is 18.9 Å². The van der Waals surface area contributed by atoms with E-state index in [-0.39, 0.29) is 28.0 Å². The predicted octanol–water partition coefficient (Wildman–Crippen LogP) is 0.726. The van der Waals surface area contributed by atoms with Crippen LogP contribution in [-0.4, -0.2) is 34.3 Å². The van der Waals surface area contributed by atoms with Gasteiger partial charge in [-0.3, -0.25) is 9.20 Å². The van der Waals surface area contributed by atoms with Crippen LogP contribution in [0.4, 0.5) is 0 Å². The average molecular weight is 253 g/mol. The summed E-state index contributed by atoms with van der Waals surface area (Å²) in [5, 5.41) is -0.0735. The van der Waals surface area contributed by atoms with Crippen LogP contribution < -0.4 is 0 Å². The van der Waals surface area contributed by atoms with E-state index in [9.17, 15) is 13.2 Å². The highest BCUT2D eigenvalue weighted by Crippen LogP contribution is 2.18. The first kappa shape index (κ1) is 11.7. The molecule has 90 valence electrons. The zero-order valence-electron chi connectivity index (χ0n) is 9.41. The first-order valence-electron chi connectivity index (χ1n) is 5.04. The van der Waals surface area contributed by atoms with Crippen molar-refractivity contribution in [3.05, 3.63) is 24.2 Å². The molecular weight excluding hydrogens is 242 g/mol. The monoisotopic (exact) mass is 253 g/mol. The Bertz CT molecular complexity index is 688. The first-order valence-corrected chi connectivity index (χ1v) is 6.69. The molecule has 6 nitrogen and oxygen atoms in total. The van der Waals surface area contributed by atoms with Gasteiger partial charge in [0.1, 0.15) is 5.69 Å². The van der Waals surface area contributed by atoms with Crippen LogP contribution in [0.2, 0.25) is 0 Å². The summed E-state index contributed by atoms with van der Waals surface area (Å²) in [7, 11) is -3.52. The number of aromatic nitrogens is 3. The molecule has 0 aliphatic heterocycles. The van der Waals surface area contributed by atoms with E-state index >= 15 is 0 Å². The zero-order valence-corrected chi connectivity index (χ0v) is 10.2. The Hall–Kier alpha value is -1.76. The van der Waals surface area contributed by atoms with Crippen molar-refractivity contribution in [2.75, 3.05) is 5.75 Å². The lowest BCUT2D eigenvalue weighted by Crippen LogP contribution is -2.11. The fourth-order valence-electron chi connectivity index (χ4n) is 1.53. The second-order valence-corrected chi connectivity index (χ2v) is 5.71. The van der Waals surface area contributed by atoms with E-state index in [2.05, 4.69) is 9.97 Å². The Balaban J connectivity index is 2.92. The maximum atomic E-state index is 12.0. The topological polar surface area (TPSA) is 81.4 Å². The highest BCUT2D eigenvalue weighted by Gasteiger charge is 2.26. The van der Waals surface area contributed by atoms with Crippen LogP contribution in [-0.2, 0) is 9.84 Å². The smallest absolute Gasteiger partial charge is 0.235 e. The number of sulfone groups is 1. The summed E-state index contributed by atoms with van der Waals surface area (Å²) in [5.74, 6) is -0.261. The summed E-state index contributed by atoms with van der Waals surface area (Å²) in [6.07, 6.45) is 3.03. The second-order valence-electron chi connectivity index (χ2n) is 3.51. The summed E-state index contributed by atoms with van der Waals surface area (Å²) in [5.41, 5.74) is -0.0504. The maximum absolute atomic E-state index is 12.0. The van der Waals surface area contributed by atoms with Crippen LogP contribution >= 0.6 is 0 Å². The van der Waals surface area contributed by atoms with E-state index in [1.54, 1.807) is 6.07 Å². The Morgan fingerprint density at radius 2 is 2.18 bits per heavy atom. The average Bonchev–Trinajstić information content (AvgIpc) is 2.69. The van der Waals surface area contributed by atoms with Crippen molar-refractivity contribution in [2.24, 2.45) is 0 Å². The van der Waals surface area contributed by atoms with Crippen LogP contribution in [0.25, 0.3) is 5.78 Å².